The van der Waals surface area contributed by atoms with Crippen LogP contribution in [0.1, 0.15) is 16.8 Å². The van der Waals surface area contributed by atoms with Gasteiger partial charge in [-0.15, -0.1) is 0 Å². The average molecular weight is 314 g/mol. The van der Waals surface area contributed by atoms with E-state index in [2.05, 4.69) is 30.6 Å². The number of methoxy groups -OCH3 is 1. The molecule has 1 saturated heterocycles. The second-order valence-electron chi connectivity index (χ2n) is 3.99. The highest BCUT2D eigenvalue weighted by Gasteiger charge is 2.31. The Morgan fingerprint density at radius 1 is 1.56 bits per heavy atom. The molecular formula is C11H12BrN3O3. The maximum Gasteiger partial charge on any atom is 0.341 e. The van der Waals surface area contributed by atoms with Crippen LogP contribution in [0.5, 0.6) is 0 Å². The number of rotatable bonds is 3. The number of halogens is 1. The Hall–Kier alpha value is -1.50. The number of amides is 1. The van der Waals surface area contributed by atoms with Crippen molar-refractivity contribution < 1.29 is 14.3 Å². The van der Waals surface area contributed by atoms with E-state index < -0.39 is 5.97 Å². The highest BCUT2D eigenvalue weighted by atomic mass is 79.9. The third-order valence-electron chi connectivity index (χ3n) is 2.72. The van der Waals surface area contributed by atoms with Gasteiger partial charge in [0, 0.05) is 30.7 Å². The van der Waals surface area contributed by atoms with Gasteiger partial charge in [0.2, 0.25) is 11.9 Å². The second-order valence-corrected chi connectivity index (χ2v) is 4.64. The molecule has 1 amide bonds. The molecule has 6 nitrogen and oxygen atoms in total. The summed E-state index contributed by atoms with van der Waals surface area (Å²) in [6.45, 7) is 0.599. The van der Waals surface area contributed by atoms with Crippen molar-refractivity contribution in [3.8, 4) is 0 Å². The van der Waals surface area contributed by atoms with Crippen LogP contribution in [0.25, 0.3) is 0 Å². The van der Waals surface area contributed by atoms with Crippen molar-refractivity contribution in [2.75, 3.05) is 23.9 Å². The molecule has 0 aromatic carbocycles. The van der Waals surface area contributed by atoms with Crippen LogP contribution in [-0.2, 0) is 9.53 Å². The van der Waals surface area contributed by atoms with Gasteiger partial charge in [-0.3, -0.25) is 9.69 Å². The number of alkyl halides is 1. The van der Waals surface area contributed by atoms with Crippen LogP contribution in [0.15, 0.2) is 12.4 Å². The maximum atomic E-state index is 11.8. The van der Waals surface area contributed by atoms with Gasteiger partial charge in [-0.25, -0.2) is 14.8 Å². The molecule has 1 aliphatic heterocycles. The molecule has 1 aromatic rings. The quantitative estimate of drug-likeness (QED) is 0.615. The van der Waals surface area contributed by atoms with Gasteiger partial charge in [-0.1, -0.05) is 15.9 Å². The van der Waals surface area contributed by atoms with Crippen molar-refractivity contribution >= 4 is 33.8 Å². The van der Waals surface area contributed by atoms with Gasteiger partial charge in [0.15, 0.2) is 0 Å². The Balaban J connectivity index is 2.15. The summed E-state index contributed by atoms with van der Waals surface area (Å²) in [5, 5.41) is 0.773. The van der Waals surface area contributed by atoms with Gasteiger partial charge in [0.25, 0.3) is 0 Å². The normalized spacial score (nSPS) is 19.1. The molecule has 0 saturated carbocycles. The lowest BCUT2D eigenvalue weighted by atomic mass is 10.2. The Morgan fingerprint density at radius 3 is 2.72 bits per heavy atom. The van der Waals surface area contributed by atoms with Gasteiger partial charge in [0.1, 0.15) is 0 Å². The number of nitrogens with zero attached hydrogens (tertiary/aromatic N) is 3. The lowest BCUT2D eigenvalue weighted by Crippen LogP contribution is -2.26. The summed E-state index contributed by atoms with van der Waals surface area (Å²) in [5.41, 5.74) is 0.268. The number of hydrogen-bond donors (Lipinski definition) is 0. The molecule has 1 fully saturated rings. The smallest absolute Gasteiger partial charge is 0.341 e. The minimum absolute atomic E-state index is 0.00488. The monoisotopic (exact) mass is 313 g/mol. The zero-order valence-corrected chi connectivity index (χ0v) is 11.4. The molecule has 0 N–H and O–H groups in total. The van der Waals surface area contributed by atoms with Gasteiger partial charge in [-0.2, -0.15) is 0 Å². The molecule has 18 heavy (non-hydrogen) atoms. The molecule has 1 unspecified atom stereocenters. The third kappa shape index (κ3) is 2.50. The number of ether oxygens (including phenoxy) is 1. The van der Waals surface area contributed by atoms with E-state index in [4.69, 9.17) is 0 Å². The van der Waals surface area contributed by atoms with Crippen molar-refractivity contribution in [1.29, 1.82) is 0 Å². The average Bonchev–Trinajstić information content (AvgIpc) is 2.79. The number of carbonyl (C=O) groups is 2. The number of esters is 1. The molecule has 0 radical (unpaired) electrons. The van der Waals surface area contributed by atoms with Gasteiger partial charge in [-0.05, 0) is 5.92 Å². The molecule has 1 atom stereocenters. The summed E-state index contributed by atoms with van der Waals surface area (Å²) in [5.74, 6) is 0.121. The highest BCUT2D eigenvalue weighted by Crippen LogP contribution is 2.23. The molecule has 96 valence electrons. The first-order valence-corrected chi connectivity index (χ1v) is 6.54. The van der Waals surface area contributed by atoms with Crippen LogP contribution < -0.4 is 4.90 Å². The van der Waals surface area contributed by atoms with Crippen molar-refractivity contribution in [2.24, 2.45) is 5.92 Å². The van der Waals surface area contributed by atoms with Gasteiger partial charge < -0.3 is 4.74 Å². The van der Waals surface area contributed by atoms with Gasteiger partial charge in [0.05, 0.1) is 12.7 Å². The standard InChI is InChI=1S/C11H12BrN3O3/c1-18-10(17)8-4-13-11(14-5-8)15-6-7(3-12)2-9(15)16/h4-5,7H,2-3,6H2,1H3. The van der Waals surface area contributed by atoms with Crippen molar-refractivity contribution in [2.45, 2.75) is 6.42 Å². The van der Waals surface area contributed by atoms with Crippen LogP contribution in [0.2, 0.25) is 0 Å². The SMILES string of the molecule is COC(=O)c1cnc(N2CC(CBr)CC2=O)nc1. The first-order valence-electron chi connectivity index (χ1n) is 5.42. The summed E-state index contributed by atoms with van der Waals surface area (Å²) >= 11 is 3.36. The summed E-state index contributed by atoms with van der Waals surface area (Å²) in [6, 6.07) is 0. The van der Waals surface area contributed by atoms with E-state index in [0.717, 1.165) is 5.33 Å². The minimum atomic E-state index is -0.493. The lowest BCUT2D eigenvalue weighted by Gasteiger charge is -2.13. The molecule has 0 spiro atoms. The predicted octanol–water partition coefficient (Wildman–Crippen LogP) is 1.01. The van der Waals surface area contributed by atoms with E-state index in [1.807, 2.05) is 0 Å². The fourth-order valence-electron chi connectivity index (χ4n) is 1.76. The fraction of sp³-hybridized carbons (Fsp3) is 0.455. The molecule has 2 rings (SSSR count). The van der Waals surface area contributed by atoms with Crippen LogP contribution in [0.4, 0.5) is 5.95 Å². The zero-order valence-electron chi connectivity index (χ0n) is 9.80. The maximum absolute atomic E-state index is 11.8. The summed E-state index contributed by atoms with van der Waals surface area (Å²) in [4.78, 5) is 32.6. The molecule has 1 aliphatic rings. The summed E-state index contributed by atoms with van der Waals surface area (Å²) < 4.78 is 4.55. The number of hydrogen-bond acceptors (Lipinski definition) is 5. The van der Waals surface area contributed by atoms with Crippen LogP contribution >= 0.6 is 15.9 Å². The summed E-state index contributed by atoms with van der Waals surface area (Å²) in [7, 11) is 1.29. The number of anilines is 1. The highest BCUT2D eigenvalue weighted by molar-refractivity contribution is 9.09. The van der Waals surface area contributed by atoms with E-state index in [-0.39, 0.29) is 17.4 Å². The van der Waals surface area contributed by atoms with E-state index in [9.17, 15) is 9.59 Å². The van der Waals surface area contributed by atoms with Crippen molar-refractivity contribution in [3.05, 3.63) is 18.0 Å². The van der Waals surface area contributed by atoms with Crippen LogP contribution in [-0.4, -0.2) is 40.8 Å². The third-order valence-corrected chi connectivity index (χ3v) is 3.64. The molecule has 0 aliphatic carbocycles. The topological polar surface area (TPSA) is 72.4 Å². The van der Waals surface area contributed by atoms with Crippen molar-refractivity contribution in [3.63, 3.8) is 0 Å². The first kappa shape index (κ1) is 12.9. The van der Waals surface area contributed by atoms with E-state index >= 15 is 0 Å². The molecular weight excluding hydrogens is 302 g/mol. The Kier molecular flexibility index (Phi) is 3.90. The fourth-order valence-corrected chi connectivity index (χ4v) is 2.20. The zero-order chi connectivity index (χ0) is 13.1. The molecule has 2 heterocycles. The van der Waals surface area contributed by atoms with E-state index in [1.165, 1.54) is 24.4 Å². The first-order chi connectivity index (χ1) is 8.65. The van der Waals surface area contributed by atoms with Crippen LogP contribution in [0.3, 0.4) is 0 Å². The second kappa shape index (κ2) is 5.43. The minimum Gasteiger partial charge on any atom is -0.465 e. The largest absolute Gasteiger partial charge is 0.465 e. The van der Waals surface area contributed by atoms with E-state index in [0.29, 0.717) is 18.9 Å². The number of aromatic nitrogens is 2. The lowest BCUT2D eigenvalue weighted by molar-refractivity contribution is -0.117. The molecule has 7 heteroatoms. The van der Waals surface area contributed by atoms with Crippen molar-refractivity contribution in [1.82, 2.24) is 9.97 Å². The Bertz CT molecular complexity index is 463. The van der Waals surface area contributed by atoms with Crippen LogP contribution in [0, 0.1) is 5.92 Å². The summed E-state index contributed by atoms with van der Waals surface area (Å²) in [6.07, 6.45) is 3.22. The molecule has 0 bridgehead atoms. The van der Waals surface area contributed by atoms with Gasteiger partial charge >= 0.3 is 5.97 Å². The van der Waals surface area contributed by atoms with E-state index in [1.54, 1.807) is 0 Å². The number of carbonyl (C=O) groups excluding carboxylic acids is 2. The Morgan fingerprint density at radius 2 is 2.22 bits per heavy atom. The molecule has 1 aromatic heterocycles. The Labute approximate surface area is 112 Å². The predicted molar refractivity (Wildman–Crippen MR) is 67.6 cm³/mol.